The third-order valence-corrected chi connectivity index (χ3v) is 2.49. The molecule has 0 saturated heterocycles. The van der Waals surface area contributed by atoms with Crippen molar-refractivity contribution in [2.75, 3.05) is 6.54 Å². The normalized spacial score (nSPS) is 10.5. The highest BCUT2D eigenvalue weighted by molar-refractivity contribution is 5.94. The number of benzene rings is 1. The van der Waals surface area contributed by atoms with Gasteiger partial charge in [-0.3, -0.25) is 4.79 Å². The number of hydrogen-bond acceptors (Lipinski definition) is 1. The van der Waals surface area contributed by atoms with Gasteiger partial charge in [0.25, 0.3) is 5.91 Å². The predicted molar refractivity (Wildman–Crippen MR) is 63.3 cm³/mol. The third kappa shape index (κ3) is 2.82. The van der Waals surface area contributed by atoms with Crippen LogP contribution in [0.15, 0.2) is 18.2 Å². The zero-order chi connectivity index (χ0) is 11.4. The minimum absolute atomic E-state index is 0.0101. The Labute approximate surface area is 91.7 Å². The van der Waals surface area contributed by atoms with Gasteiger partial charge in [-0.05, 0) is 43.0 Å². The van der Waals surface area contributed by atoms with E-state index in [9.17, 15) is 4.79 Å². The molecule has 0 heterocycles. The van der Waals surface area contributed by atoms with E-state index in [0.29, 0.717) is 12.5 Å². The topological polar surface area (TPSA) is 29.1 Å². The van der Waals surface area contributed by atoms with Gasteiger partial charge in [0.2, 0.25) is 0 Å². The van der Waals surface area contributed by atoms with Crippen LogP contribution in [0.1, 0.15) is 48.2 Å². The summed E-state index contributed by atoms with van der Waals surface area (Å²) in [5.74, 6) is 0.518. The van der Waals surface area contributed by atoms with Crippen LogP contribution in [0.2, 0.25) is 0 Å². The number of carbonyl (C=O) groups is 1. The van der Waals surface area contributed by atoms with E-state index >= 15 is 0 Å². The molecule has 2 heteroatoms. The van der Waals surface area contributed by atoms with Gasteiger partial charge in [-0.25, -0.2) is 0 Å². The quantitative estimate of drug-likeness (QED) is 0.807. The highest BCUT2D eigenvalue weighted by Gasteiger charge is 2.08. The van der Waals surface area contributed by atoms with Gasteiger partial charge >= 0.3 is 0 Å². The monoisotopic (exact) mass is 205 g/mol. The Hall–Kier alpha value is -1.31. The SMILES string of the molecule is CCNC(=O)c1ccc(C(C)C)c(C)c1. The lowest BCUT2D eigenvalue weighted by molar-refractivity contribution is 0.0955. The van der Waals surface area contributed by atoms with Gasteiger partial charge in [-0.1, -0.05) is 19.9 Å². The molecular weight excluding hydrogens is 186 g/mol. The molecule has 1 rings (SSSR count). The van der Waals surface area contributed by atoms with E-state index in [1.54, 1.807) is 0 Å². The van der Waals surface area contributed by atoms with Crippen molar-refractivity contribution < 1.29 is 4.79 Å². The van der Waals surface area contributed by atoms with Gasteiger partial charge in [0.05, 0.1) is 0 Å². The summed E-state index contributed by atoms with van der Waals surface area (Å²) in [6, 6.07) is 5.90. The van der Waals surface area contributed by atoms with Crippen LogP contribution < -0.4 is 5.32 Å². The van der Waals surface area contributed by atoms with Crippen molar-refractivity contribution in [2.24, 2.45) is 0 Å². The second-order valence-electron chi connectivity index (χ2n) is 4.09. The summed E-state index contributed by atoms with van der Waals surface area (Å²) in [4.78, 5) is 11.6. The van der Waals surface area contributed by atoms with Gasteiger partial charge in [-0.2, -0.15) is 0 Å². The van der Waals surface area contributed by atoms with E-state index in [4.69, 9.17) is 0 Å². The predicted octanol–water partition coefficient (Wildman–Crippen LogP) is 2.87. The fourth-order valence-electron chi connectivity index (χ4n) is 1.73. The molecule has 0 aliphatic carbocycles. The van der Waals surface area contributed by atoms with Crippen molar-refractivity contribution in [3.05, 3.63) is 34.9 Å². The zero-order valence-electron chi connectivity index (χ0n) is 9.92. The van der Waals surface area contributed by atoms with E-state index in [1.165, 1.54) is 11.1 Å². The maximum atomic E-state index is 11.6. The molecule has 1 N–H and O–H groups in total. The number of carbonyl (C=O) groups excluding carboxylic acids is 1. The van der Waals surface area contributed by atoms with Crippen LogP contribution >= 0.6 is 0 Å². The van der Waals surface area contributed by atoms with Crippen LogP contribution in [0.25, 0.3) is 0 Å². The Morgan fingerprint density at radius 3 is 2.53 bits per heavy atom. The van der Waals surface area contributed by atoms with Gasteiger partial charge in [0.15, 0.2) is 0 Å². The smallest absolute Gasteiger partial charge is 0.251 e. The number of amides is 1. The molecule has 0 aliphatic rings. The maximum absolute atomic E-state index is 11.6. The Morgan fingerprint density at radius 1 is 1.40 bits per heavy atom. The second-order valence-corrected chi connectivity index (χ2v) is 4.09. The number of aryl methyl sites for hydroxylation is 1. The van der Waals surface area contributed by atoms with Gasteiger partial charge < -0.3 is 5.32 Å². The number of rotatable bonds is 3. The molecule has 0 fully saturated rings. The molecule has 0 unspecified atom stereocenters. The summed E-state index contributed by atoms with van der Waals surface area (Å²) in [6.45, 7) is 8.97. The number of hydrogen-bond donors (Lipinski definition) is 1. The summed E-state index contributed by atoms with van der Waals surface area (Å²) in [5, 5.41) is 2.80. The molecule has 0 aromatic heterocycles. The first kappa shape index (κ1) is 11.8. The maximum Gasteiger partial charge on any atom is 0.251 e. The lowest BCUT2D eigenvalue weighted by Gasteiger charge is -2.11. The van der Waals surface area contributed by atoms with Crippen LogP contribution in [-0.4, -0.2) is 12.5 Å². The molecule has 0 saturated carbocycles. The lowest BCUT2D eigenvalue weighted by atomic mass is 9.96. The van der Waals surface area contributed by atoms with Crippen LogP contribution in [0.3, 0.4) is 0 Å². The molecule has 1 aromatic rings. The number of nitrogens with one attached hydrogen (secondary N) is 1. The average molecular weight is 205 g/mol. The van der Waals surface area contributed by atoms with E-state index in [1.807, 2.05) is 25.1 Å². The van der Waals surface area contributed by atoms with Crippen LogP contribution in [-0.2, 0) is 0 Å². The van der Waals surface area contributed by atoms with Gasteiger partial charge in [0.1, 0.15) is 0 Å². The lowest BCUT2D eigenvalue weighted by Crippen LogP contribution is -2.22. The van der Waals surface area contributed by atoms with E-state index in [0.717, 1.165) is 5.56 Å². The molecule has 1 amide bonds. The van der Waals surface area contributed by atoms with Crippen molar-refractivity contribution in [3.63, 3.8) is 0 Å². The van der Waals surface area contributed by atoms with E-state index < -0.39 is 0 Å². The minimum atomic E-state index is 0.0101. The van der Waals surface area contributed by atoms with Crippen LogP contribution in [0.5, 0.6) is 0 Å². The third-order valence-electron chi connectivity index (χ3n) is 2.49. The standard InChI is InChI=1S/C13H19NO/c1-5-14-13(15)11-6-7-12(9(2)3)10(4)8-11/h6-9H,5H2,1-4H3,(H,14,15). The van der Waals surface area contributed by atoms with Crippen LogP contribution in [0.4, 0.5) is 0 Å². The average Bonchev–Trinajstić information content (AvgIpc) is 2.17. The Balaban J connectivity index is 2.96. The first-order valence-corrected chi connectivity index (χ1v) is 5.45. The highest BCUT2D eigenvalue weighted by atomic mass is 16.1. The first-order valence-electron chi connectivity index (χ1n) is 5.45. The Bertz CT molecular complexity index is 356. The van der Waals surface area contributed by atoms with E-state index in [-0.39, 0.29) is 5.91 Å². The molecule has 0 radical (unpaired) electrons. The Morgan fingerprint density at radius 2 is 2.07 bits per heavy atom. The molecular formula is C13H19NO. The molecule has 82 valence electrons. The molecule has 1 aromatic carbocycles. The molecule has 0 atom stereocenters. The molecule has 2 nitrogen and oxygen atoms in total. The van der Waals surface area contributed by atoms with Crippen molar-refractivity contribution in [1.29, 1.82) is 0 Å². The fraction of sp³-hybridized carbons (Fsp3) is 0.462. The van der Waals surface area contributed by atoms with E-state index in [2.05, 4.69) is 26.1 Å². The summed E-state index contributed by atoms with van der Waals surface area (Å²) in [6.07, 6.45) is 0. The molecule has 0 bridgehead atoms. The molecule has 0 spiro atoms. The minimum Gasteiger partial charge on any atom is -0.352 e. The van der Waals surface area contributed by atoms with Gasteiger partial charge in [-0.15, -0.1) is 0 Å². The van der Waals surface area contributed by atoms with Crippen molar-refractivity contribution >= 4 is 5.91 Å². The zero-order valence-corrected chi connectivity index (χ0v) is 9.92. The summed E-state index contributed by atoms with van der Waals surface area (Å²) in [5.41, 5.74) is 3.25. The summed E-state index contributed by atoms with van der Waals surface area (Å²) in [7, 11) is 0. The molecule has 15 heavy (non-hydrogen) atoms. The van der Waals surface area contributed by atoms with Crippen molar-refractivity contribution in [1.82, 2.24) is 5.32 Å². The van der Waals surface area contributed by atoms with Crippen molar-refractivity contribution in [2.45, 2.75) is 33.6 Å². The van der Waals surface area contributed by atoms with Crippen LogP contribution in [0, 0.1) is 6.92 Å². The summed E-state index contributed by atoms with van der Waals surface area (Å²) >= 11 is 0. The second kappa shape index (κ2) is 4.96. The molecule has 0 aliphatic heterocycles. The largest absolute Gasteiger partial charge is 0.352 e. The fourth-order valence-corrected chi connectivity index (χ4v) is 1.73. The van der Waals surface area contributed by atoms with Gasteiger partial charge in [0, 0.05) is 12.1 Å². The first-order chi connectivity index (χ1) is 7.06. The highest BCUT2D eigenvalue weighted by Crippen LogP contribution is 2.19. The Kier molecular flexibility index (Phi) is 3.89. The van der Waals surface area contributed by atoms with Crippen molar-refractivity contribution in [3.8, 4) is 0 Å². The summed E-state index contributed by atoms with van der Waals surface area (Å²) < 4.78 is 0.